The van der Waals surface area contributed by atoms with E-state index in [0.29, 0.717) is 6.54 Å². The molecule has 1 heterocycles. The second kappa shape index (κ2) is 7.20. The van der Waals surface area contributed by atoms with Crippen LogP contribution in [0, 0.1) is 0 Å². The Morgan fingerprint density at radius 1 is 1.41 bits per heavy atom. The SMILES string of the molecule is CN1CC(NC(=O)N(Cc2ccccc2)CC(F)F)CC1=O. The zero-order chi connectivity index (χ0) is 16.1. The maximum absolute atomic E-state index is 12.7. The number of carbonyl (C=O) groups excluding carboxylic acids is 2. The van der Waals surface area contributed by atoms with Gasteiger partial charge in [-0.3, -0.25) is 4.79 Å². The van der Waals surface area contributed by atoms with Gasteiger partial charge in [0, 0.05) is 26.6 Å². The minimum absolute atomic E-state index is 0.0613. The van der Waals surface area contributed by atoms with Crippen molar-refractivity contribution in [2.45, 2.75) is 25.4 Å². The van der Waals surface area contributed by atoms with Gasteiger partial charge in [0.1, 0.15) is 0 Å². The Hall–Kier alpha value is -2.18. The molecule has 0 aromatic heterocycles. The average Bonchev–Trinajstić information content (AvgIpc) is 2.77. The molecule has 0 aliphatic carbocycles. The van der Waals surface area contributed by atoms with Crippen LogP contribution >= 0.6 is 0 Å². The molecule has 0 spiro atoms. The summed E-state index contributed by atoms with van der Waals surface area (Å²) in [6.07, 6.45) is -2.40. The van der Waals surface area contributed by atoms with Gasteiger partial charge in [-0.1, -0.05) is 30.3 Å². The molecule has 0 saturated carbocycles. The number of hydrogen-bond donors (Lipinski definition) is 1. The molecular weight excluding hydrogens is 292 g/mol. The Morgan fingerprint density at radius 3 is 2.64 bits per heavy atom. The number of nitrogens with one attached hydrogen (secondary N) is 1. The van der Waals surface area contributed by atoms with Crippen LogP contribution in [0.15, 0.2) is 30.3 Å². The van der Waals surface area contributed by atoms with Crippen molar-refractivity contribution in [3.8, 4) is 0 Å². The molecule has 1 unspecified atom stereocenters. The van der Waals surface area contributed by atoms with Crippen molar-refractivity contribution in [3.05, 3.63) is 35.9 Å². The van der Waals surface area contributed by atoms with Gasteiger partial charge < -0.3 is 15.1 Å². The summed E-state index contributed by atoms with van der Waals surface area (Å²) in [4.78, 5) is 26.2. The molecule has 1 saturated heterocycles. The number of halogens is 2. The van der Waals surface area contributed by atoms with Gasteiger partial charge in [0.25, 0.3) is 6.43 Å². The highest BCUT2D eigenvalue weighted by molar-refractivity contribution is 5.81. The number of carbonyl (C=O) groups is 2. The summed E-state index contributed by atoms with van der Waals surface area (Å²) >= 11 is 0. The second-order valence-corrected chi connectivity index (χ2v) is 5.38. The topological polar surface area (TPSA) is 52.7 Å². The molecule has 1 aliphatic rings. The van der Waals surface area contributed by atoms with Gasteiger partial charge in [-0.25, -0.2) is 13.6 Å². The van der Waals surface area contributed by atoms with Crippen molar-refractivity contribution in [3.63, 3.8) is 0 Å². The molecule has 1 aromatic carbocycles. The van der Waals surface area contributed by atoms with Gasteiger partial charge >= 0.3 is 6.03 Å². The number of benzene rings is 1. The van der Waals surface area contributed by atoms with Gasteiger partial charge in [-0.15, -0.1) is 0 Å². The maximum Gasteiger partial charge on any atom is 0.318 e. The molecule has 22 heavy (non-hydrogen) atoms. The van der Waals surface area contributed by atoms with Crippen LogP contribution < -0.4 is 5.32 Å². The number of likely N-dealkylation sites (N-methyl/N-ethyl adjacent to an activating group) is 1. The van der Waals surface area contributed by atoms with Crippen LogP contribution in [0.1, 0.15) is 12.0 Å². The lowest BCUT2D eigenvalue weighted by atomic mass is 10.2. The number of rotatable bonds is 5. The van der Waals surface area contributed by atoms with Crippen LogP contribution in [0.5, 0.6) is 0 Å². The number of alkyl halides is 2. The molecule has 5 nitrogen and oxygen atoms in total. The number of nitrogens with zero attached hydrogens (tertiary/aromatic N) is 2. The summed E-state index contributed by atoms with van der Waals surface area (Å²) in [5, 5.41) is 2.66. The van der Waals surface area contributed by atoms with E-state index in [-0.39, 0.29) is 24.9 Å². The molecule has 1 aliphatic heterocycles. The summed E-state index contributed by atoms with van der Waals surface area (Å²) < 4.78 is 25.4. The molecule has 1 aromatic rings. The minimum atomic E-state index is -2.61. The zero-order valence-corrected chi connectivity index (χ0v) is 12.3. The first kappa shape index (κ1) is 16.2. The number of urea groups is 1. The normalized spacial score (nSPS) is 17.9. The van der Waals surface area contributed by atoms with Crippen LogP contribution in [-0.2, 0) is 11.3 Å². The number of likely N-dealkylation sites (tertiary alicyclic amines) is 1. The van der Waals surface area contributed by atoms with Gasteiger partial charge in [0.2, 0.25) is 5.91 Å². The van der Waals surface area contributed by atoms with E-state index in [2.05, 4.69) is 5.32 Å². The fourth-order valence-corrected chi connectivity index (χ4v) is 2.42. The Bertz CT molecular complexity index is 525. The lowest BCUT2D eigenvalue weighted by molar-refractivity contribution is -0.126. The van der Waals surface area contributed by atoms with E-state index in [1.165, 1.54) is 4.90 Å². The predicted octanol–water partition coefficient (Wildman–Crippen LogP) is 1.69. The van der Waals surface area contributed by atoms with Crippen molar-refractivity contribution in [2.24, 2.45) is 0 Å². The molecule has 120 valence electrons. The standard InChI is InChI=1S/C15H19F2N3O2/c1-19-9-12(7-14(19)21)18-15(22)20(10-13(16)17)8-11-5-3-2-4-6-11/h2-6,12-13H,7-10H2,1H3,(H,18,22). The van der Waals surface area contributed by atoms with E-state index in [1.807, 2.05) is 6.07 Å². The fourth-order valence-electron chi connectivity index (χ4n) is 2.42. The molecule has 1 fully saturated rings. The third-order valence-electron chi connectivity index (χ3n) is 3.53. The van der Waals surface area contributed by atoms with Gasteiger partial charge in [0.05, 0.1) is 12.6 Å². The van der Waals surface area contributed by atoms with E-state index in [0.717, 1.165) is 10.5 Å². The van der Waals surface area contributed by atoms with E-state index in [4.69, 9.17) is 0 Å². The Kier molecular flexibility index (Phi) is 5.30. The molecule has 3 amide bonds. The van der Waals surface area contributed by atoms with E-state index < -0.39 is 19.0 Å². The zero-order valence-electron chi connectivity index (χ0n) is 12.3. The first-order valence-corrected chi connectivity index (χ1v) is 7.07. The Balaban J connectivity index is 1.98. The molecular formula is C15H19F2N3O2. The smallest absolute Gasteiger partial charge is 0.318 e. The molecule has 1 N–H and O–H groups in total. The third-order valence-corrected chi connectivity index (χ3v) is 3.53. The lowest BCUT2D eigenvalue weighted by Crippen LogP contribution is -2.46. The predicted molar refractivity (Wildman–Crippen MR) is 77.4 cm³/mol. The molecule has 2 rings (SSSR count). The number of hydrogen-bond acceptors (Lipinski definition) is 2. The maximum atomic E-state index is 12.7. The molecule has 0 bridgehead atoms. The Labute approximate surface area is 127 Å². The number of amides is 3. The summed E-state index contributed by atoms with van der Waals surface area (Å²) in [5.41, 5.74) is 0.776. The second-order valence-electron chi connectivity index (χ2n) is 5.38. The van der Waals surface area contributed by atoms with Gasteiger partial charge in [0.15, 0.2) is 0 Å². The van der Waals surface area contributed by atoms with E-state index >= 15 is 0 Å². The van der Waals surface area contributed by atoms with Crippen molar-refractivity contribution in [2.75, 3.05) is 20.1 Å². The van der Waals surface area contributed by atoms with E-state index in [9.17, 15) is 18.4 Å². The van der Waals surface area contributed by atoms with Gasteiger partial charge in [-0.2, -0.15) is 0 Å². The largest absolute Gasteiger partial charge is 0.344 e. The van der Waals surface area contributed by atoms with Crippen molar-refractivity contribution in [1.29, 1.82) is 0 Å². The summed E-state index contributed by atoms with van der Waals surface area (Å²) in [5.74, 6) is -0.0613. The molecule has 7 heteroatoms. The van der Waals surface area contributed by atoms with Crippen LogP contribution in [0.2, 0.25) is 0 Å². The van der Waals surface area contributed by atoms with Crippen molar-refractivity contribution in [1.82, 2.24) is 15.1 Å². The van der Waals surface area contributed by atoms with E-state index in [1.54, 1.807) is 31.3 Å². The first-order chi connectivity index (χ1) is 10.5. The third kappa shape index (κ3) is 4.41. The monoisotopic (exact) mass is 311 g/mol. The molecule has 0 radical (unpaired) electrons. The highest BCUT2D eigenvalue weighted by atomic mass is 19.3. The van der Waals surface area contributed by atoms with Crippen molar-refractivity contribution < 1.29 is 18.4 Å². The van der Waals surface area contributed by atoms with Gasteiger partial charge in [-0.05, 0) is 5.56 Å². The highest BCUT2D eigenvalue weighted by Gasteiger charge is 2.29. The highest BCUT2D eigenvalue weighted by Crippen LogP contribution is 2.11. The van der Waals surface area contributed by atoms with Crippen LogP contribution in [0.25, 0.3) is 0 Å². The molecule has 1 atom stereocenters. The summed E-state index contributed by atoms with van der Waals surface area (Å²) in [6, 6.07) is 8.05. The minimum Gasteiger partial charge on any atom is -0.344 e. The fraction of sp³-hybridized carbons (Fsp3) is 0.467. The van der Waals surface area contributed by atoms with Crippen LogP contribution in [0.4, 0.5) is 13.6 Å². The summed E-state index contributed by atoms with van der Waals surface area (Å²) in [7, 11) is 1.65. The average molecular weight is 311 g/mol. The van der Waals surface area contributed by atoms with Crippen LogP contribution in [-0.4, -0.2) is 54.3 Å². The Morgan fingerprint density at radius 2 is 2.09 bits per heavy atom. The van der Waals surface area contributed by atoms with Crippen molar-refractivity contribution >= 4 is 11.9 Å². The summed E-state index contributed by atoms with van der Waals surface area (Å²) in [6.45, 7) is -0.136. The van der Waals surface area contributed by atoms with Crippen LogP contribution in [0.3, 0.4) is 0 Å². The lowest BCUT2D eigenvalue weighted by Gasteiger charge is -2.24. The quantitative estimate of drug-likeness (QED) is 0.900. The first-order valence-electron chi connectivity index (χ1n) is 7.07.